The number of nitrogens with two attached hydrogens (primary N) is 1. The number of hydrogen-bond donors (Lipinski definition) is 4. The number of carbonyl (C=O) groups is 1. The molecule has 0 heterocycles. The molecule has 0 radical (unpaired) electrons. The lowest BCUT2D eigenvalue weighted by atomic mass is 9.95. The van der Waals surface area contributed by atoms with Crippen LogP contribution < -0.4 is 20.7 Å². The van der Waals surface area contributed by atoms with Crippen molar-refractivity contribution in [2.45, 2.75) is 44.7 Å². The first-order valence-electron chi connectivity index (χ1n) is 10.5. The zero-order valence-corrected chi connectivity index (χ0v) is 18.3. The van der Waals surface area contributed by atoms with Gasteiger partial charge in [-0.1, -0.05) is 49.6 Å². The number of nitrogens with one attached hydrogen (secondary N) is 2. The Morgan fingerprint density at radius 3 is 2.55 bits per heavy atom. The number of anilines is 3. The summed E-state index contributed by atoms with van der Waals surface area (Å²) in [6, 6.07) is 16.0. The third-order valence-corrected chi connectivity index (χ3v) is 6.08. The molecule has 0 saturated heterocycles. The van der Waals surface area contributed by atoms with Crippen LogP contribution in [0.25, 0.3) is 0 Å². The predicted molar refractivity (Wildman–Crippen MR) is 124 cm³/mol. The molecule has 3 rings (SSSR count). The summed E-state index contributed by atoms with van der Waals surface area (Å²) in [5.74, 6) is 0. The lowest BCUT2D eigenvalue weighted by molar-refractivity contribution is 0.160. The fourth-order valence-corrected chi connectivity index (χ4v) is 4.27. The number of benzene rings is 2. The van der Waals surface area contributed by atoms with Crippen LogP contribution >= 0.6 is 0 Å². The Hall–Kier alpha value is -2.78. The van der Waals surface area contributed by atoms with Gasteiger partial charge in [0.25, 0.3) is 11.3 Å². The number of nitrogens with zero attached hydrogens (tertiary/aromatic N) is 1. The van der Waals surface area contributed by atoms with Crippen molar-refractivity contribution >= 4 is 34.4 Å². The number of amides is 1. The first-order valence-corrected chi connectivity index (χ1v) is 11.6. The zero-order chi connectivity index (χ0) is 22.1. The molecule has 1 fully saturated rings. The van der Waals surface area contributed by atoms with Crippen molar-refractivity contribution in [2.24, 2.45) is 5.73 Å². The third-order valence-electron chi connectivity index (χ3n) is 5.31. The SMILES string of the molecule is NC(=O)OCCN(c1ccc(NC2CCCCC2)c(NCc2ccccc2)c1)S(=O)O. The van der Waals surface area contributed by atoms with E-state index >= 15 is 0 Å². The minimum Gasteiger partial charge on any atom is -0.448 e. The van der Waals surface area contributed by atoms with Gasteiger partial charge in [-0.15, -0.1) is 0 Å². The van der Waals surface area contributed by atoms with E-state index in [0.29, 0.717) is 18.3 Å². The van der Waals surface area contributed by atoms with E-state index in [1.807, 2.05) is 42.5 Å². The van der Waals surface area contributed by atoms with E-state index in [2.05, 4.69) is 10.6 Å². The van der Waals surface area contributed by atoms with E-state index in [9.17, 15) is 13.6 Å². The smallest absolute Gasteiger partial charge is 0.404 e. The molecule has 1 aliphatic carbocycles. The molecule has 1 aliphatic rings. The number of carbonyl (C=O) groups excluding carboxylic acids is 1. The van der Waals surface area contributed by atoms with Crippen LogP contribution in [-0.4, -0.2) is 34.0 Å². The molecule has 0 aliphatic heterocycles. The number of hydrogen-bond acceptors (Lipinski definition) is 5. The summed E-state index contributed by atoms with van der Waals surface area (Å²) in [7, 11) is 0. The van der Waals surface area contributed by atoms with Crippen molar-refractivity contribution in [3.63, 3.8) is 0 Å². The van der Waals surface area contributed by atoms with Gasteiger partial charge in [-0.2, -0.15) is 0 Å². The Kier molecular flexibility index (Phi) is 8.54. The Balaban J connectivity index is 1.80. The van der Waals surface area contributed by atoms with Gasteiger partial charge in [-0.3, -0.25) is 8.86 Å². The normalized spacial score (nSPS) is 15.1. The van der Waals surface area contributed by atoms with Crippen LogP contribution in [0.4, 0.5) is 21.9 Å². The largest absolute Gasteiger partial charge is 0.448 e. The van der Waals surface area contributed by atoms with Crippen molar-refractivity contribution in [3.8, 4) is 0 Å². The summed E-state index contributed by atoms with van der Waals surface area (Å²) in [5.41, 5.74) is 8.47. The summed E-state index contributed by atoms with van der Waals surface area (Å²) in [6.45, 7) is 0.576. The molecular weight excluding hydrogens is 416 g/mol. The van der Waals surface area contributed by atoms with E-state index in [-0.39, 0.29) is 13.2 Å². The summed E-state index contributed by atoms with van der Waals surface area (Å²) in [5, 5.41) is 7.09. The average Bonchev–Trinajstić information content (AvgIpc) is 2.77. The number of primary amides is 1. The van der Waals surface area contributed by atoms with Crippen LogP contribution in [0.3, 0.4) is 0 Å². The zero-order valence-electron chi connectivity index (χ0n) is 17.5. The first kappa shape index (κ1) is 22.9. The van der Waals surface area contributed by atoms with Crippen molar-refractivity contribution in [2.75, 3.05) is 28.1 Å². The van der Waals surface area contributed by atoms with Gasteiger partial charge >= 0.3 is 6.09 Å². The molecule has 2 aromatic rings. The minimum atomic E-state index is -2.28. The fourth-order valence-electron chi connectivity index (χ4n) is 3.75. The molecule has 1 atom stereocenters. The highest BCUT2D eigenvalue weighted by Gasteiger charge is 2.18. The van der Waals surface area contributed by atoms with E-state index in [1.165, 1.54) is 23.6 Å². The van der Waals surface area contributed by atoms with Crippen LogP contribution in [0.5, 0.6) is 0 Å². The second-order valence-electron chi connectivity index (χ2n) is 7.55. The minimum absolute atomic E-state index is 0.0412. The molecule has 1 saturated carbocycles. The van der Waals surface area contributed by atoms with Crippen molar-refractivity contribution in [3.05, 3.63) is 54.1 Å². The van der Waals surface area contributed by atoms with Crippen LogP contribution in [0, 0.1) is 0 Å². The van der Waals surface area contributed by atoms with E-state index in [0.717, 1.165) is 29.8 Å². The Bertz CT molecular complexity index is 875. The molecule has 1 amide bonds. The Labute approximate surface area is 185 Å². The summed E-state index contributed by atoms with van der Waals surface area (Å²) < 4.78 is 27.6. The van der Waals surface area contributed by atoms with Gasteiger partial charge in [0, 0.05) is 12.6 Å². The quantitative estimate of drug-likeness (QED) is 0.409. The van der Waals surface area contributed by atoms with E-state index < -0.39 is 17.4 Å². The number of rotatable bonds is 10. The molecular formula is C22H30N4O4S. The average molecular weight is 447 g/mol. The first-order chi connectivity index (χ1) is 15.0. The maximum Gasteiger partial charge on any atom is 0.404 e. The van der Waals surface area contributed by atoms with Gasteiger partial charge in [0.15, 0.2) is 0 Å². The summed E-state index contributed by atoms with van der Waals surface area (Å²) >= 11 is -2.28. The molecule has 5 N–H and O–H groups in total. The highest BCUT2D eigenvalue weighted by Crippen LogP contribution is 2.31. The van der Waals surface area contributed by atoms with Crippen LogP contribution in [-0.2, 0) is 22.5 Å². The molecule has 1 unspecified atom stereocenters. The van der Waals surface area contributed by atoms with Crippen LogP contribution in [0.1, 0.15) is 37.7 Å². The van der Waals surface area contributed by atoms with Gasteiger partial charge in [-0.05, 0) is 36.6 Å². The molecule has 0 bridgehead atoms. The van der Waals surface area contributed by atoms with Gasteiger partial charge < -0.3 is 21.1 Å². The molecule has 0 spiro atoms. The van der Waals surface area contributed by atoms with E-state index in [1.54, 1.807) is 6.07 Å². The topological polar surface area (TPSA) is 117 Å². The maximum atomic E-state index is 11.9. The third kappa shape index (κ3) is 7.15. The molecule has 2 aromatic carbocycles. The fraction of sp³-hybridized carbons (Fsp3) is 0.409. The maximum absolute atomic E-state index is 11.9. The monoisotopic (exact) mass is 446 g/mol. The lowest BCUT2D eigenvalue weighted by Gasteiger charge is -2.27. The second kappa shape index (κ2) is 11.6. The van der Waals surface area contributed by atoms with E-state index in [4.69, 9.17) is 10.5 Å². The molecule has 168 valence electrons. The van der Waals surface area contributed by atoms with Gasteiger partial charge in [0.1, 0.15) is 6.61 Å². The highest BCUT2D eigenvalue weighted by atomic mass is 32.2. The van der Waals surface area contributed by atoms with Crippen LogP contribution in [0.2, 0.25) is 0 Å². The standard InChI is InChI=1S/C22H30N4O4S/c23-22(27)30-14-13-26(31(28)29)19-11-12-20(25-18-9-5-2-6-10-18)21(15-19)24-16-17-7-3-1-4-8-17/h1,3-4,7-8,11-12,15,18,24-25H,2,5-6,9-10,13-14,16H2,(H2,23,27)(H,28,29). The Morgan fingerprint density at radius 2 is 1.87 bits per heavy atom. The van der Waals surface area contributed by atoms with Crippen LogP contribution in [0.15, 0.2) is 48.5 Å². The second-order valence-corrected chi connectivity index (χ2v) is 8.45. The molecule has 9 heteroatoms. The molecule has 8 nitrogen and oxygen atoms in total. The highest BCUT2D eigenvalue weighted by molar-refractivity contribution is 7.80. The molecule has 31 heavy (non-hydrogen) atoms. The van der Waals surface area contributed by atoms with Gasteiger partial charge in [-0.25, -0.2) is 9.00 Å². The van der Waals surface area contributed by atoms with Crippen molar-refractivity contribution in [1.82, 2.24) is 0 Å². The summed E-state index contributed by atoms with van der Waals surface area (Å²) in [6.07, 6.45) is 5.08. The number of ether oxygens (including phenoxy) is 1. The van der Waals surface area contributed by atoms with Gasteiger partial charge in [0.2, 0.25) is 0 Å². The predicted octanol–water partition coefficient (Wildman–Crippen LogP) is 4.08. The lowest BCUT2D eigenvalue weighted by Crippen LogP contribution is -2.31. The van der Waals surface area contributed by atoms with Crippen molar-refractivity contribution in [1.29, 1.82) is 0 Å². The molecule has 0 aromatic heterocycles. The Morgan fingerprint density at radius 1 is 1.13 bits per heavy atom. The van der Waals surface area contributed by atoms with Crippen molar-refractivity contribution < 1.29 is 18.3 Å². The van der Waals surface area contributed by atoms with Gasteiger partial charge in [0.05, 0.1) is 23.6 Å². The summed E-state index contributed by atoms with van der Waals surface area (Å²) in [4.78, 5) is 10.8.